The molecule has 0 radical (unpaired) electrons. The van der Waals surface area contributed by atoms with Crippen LogP contribution >= 0.6 is 12.2 Å². The van der Waals surface area contributed by atoms with E-state index in [2.05, 4.69) is 17.5 Å². The summed E-state index contributed by atoms with van der Waals surface area (Å²) in [6, 6.07) is 0. The fraction of sp³-hybridized carbons (Fsp3) is 0.500. The summed E-state index contributed by atoms with van der Waals surface area (Å²) in [5.74, 6) is 0. The summed E-state index contributed by atoms with van der Waals surface area (Å²) in [6.45, 7) is 1.90. The van der Waals surface area contributed by atoms with Crippen molar-refractivity contribution in [3.8, 4) is 6.19 Å². The molecule has 0 atom stereocenters. The average molecular weight is 114 g/mol. The highest BCUT2D eigenvalue weighted by Gasteiger charge is 1.83. The second-order valence-corrected chi connectivity index (χ2v) is 1.51. The van der Waals surface area contributed by atoms with Gasteiger partial charge in [0.05, 0.1) is 4.99 Å². The van der Waals surface area contributed by atoms with Gasteiger partial charge in [-0.15, -0.1) is 0 Å². The predicted octanol–water partition coefficient (Wildman–Crippen LogP) is 0.794. The van der Waals surface area contributed by atoms with Gasteiger partial charge in [0.25, 0.3) is 0 Å². The number of thiocarbonyl (C=S) groups is 1. The Morgan fingerprint density at radius 3 is 2.71 bits per heavy atom. The Morgan fingerprint density at radius 1 is 2.00 bits per heavy atom. The van der Waals surface area contributed by atoms with E-state index in [1.807, 2.05) is 6.92 Å². The fourth-order valence-electron chi connectivity index (χ4n) is 0.151. The largest absolute Gasteiger partial charge is 0.287 e. The molecule has 1 N–H and O–H groups in total. The third kappa shape index (κ3) is 3.20. The summed E-state index contributed by atoms with van der Waals surface area (Å²) < 4.78 is 0. The molecule has 0 unspecified atom stereocenters. The molecule has 3 heteroatoms. The highest BCUT2D eigenvalue weighted by Crippen LogP contribution is 1.75. The van der Waals surface area contributed by atoms with Crippen molar-refractivity contribution >= 4 is 17.2 Å². The van der Waals surface area contributed by atoms with Crippen LogP contribution in [0.15, 0.2) is 0 Å². The van der Waals surface area contributed by atoms with E-state index in [0.717, 1.165) is 6.42 Å². The Labute approximate surface area is 48.1 Å². The Bertz CT molecular complexity index is 103. The lowest BCUT2D eigenvalue weighted by molar-refractivity contribution is 1.18. The standard InChI is InChI=1S/C4H6N2S/c1-2-4(7)6-3-5/h2H2,1H3,(H,6,7). The molecule has 2 nitrogen and oxygen atoms in total. The number of nitriles is 1. The van der Waals surface area contributed by atoms with Crippen LogP contribution in [0.4, 0.5) is 0 Å². The van der Waals surface area contributed by atoms with Gasteiger partial charge in [-0.25, -0.2) is 0 Å². The van der Waals surface area contributed by atoms with E-state index in [0.29, 0.717) is 4.99 Å². The molecule has 0 aliphatic carbocycles. The molecular weight excluding hydrogens is 108 g/mol. The minimum Gasteiger partial charge on any atom is -0.287 e. The van der Waals surface area contributed by atoms with Gasteiger partial charge in [-0.05, 0) is 6.42 Å². The molecule has 0 saturated carbocycles. The number of nitrogens with zero attached hydrogens (tertiary/aromatic N) is 1. The quantitative estimate of drug-likeness (QED) is 0.311. The van der Waals surface area contributed by atoms with Crippen molar-refractivity contribution < 1.29 is 0 Å². The van der Waals surface area contributed by atoms with Crippen LogP contribution in [-0.4, -0.2) is 4.99 Å². The van der Waals surface area contributed by atoms with Crippen molar-refractivity contribution in [3.05, 3.63) is 0 Å². The summed E-state index contributed by atoms with van der Waals surface area (Å²) in [4.78, 5) is 0.600. The second kappa shape index (κ2) is 3.57. The predicted molar refractivity (Wildman–Crippen MR) is 31.6 cm³/mol. The molecule has 0 saturated heterocycles. The van der Waals surface area contributed by atoms with Gasteiger partial charge < -0.3 is 0 Å². The zero-order valence-electron chi connectivity index (χ0n) is 4.06. The molecule has 0 rings (SSSR count). The van der Waals surface area contributed by atoms with Crippen molar-refractivity contribution in [3.63, 3.8) is 0 Å². The summed E-state index contributed by atoms with van der Waals surface area (Å²) >= 11 is 4.62. The molecule has 0 aliphatic heterocycles. The molecular formula is C4H6N2S. The Hall–Kier alpha value is -0.620. The van der Waals surface area contributed by atoms with Gasteiger partial charge in [-0.1, -0.05) is 19.1 Å². The SMILES string of the molecule is CCC(=S)NC#N. The molecule has 0 fully saturated rings. The normalized spacial score (nSPS) is 6.86. The molecule has 0 bridgehead atoms. The number of hydrogen-bond donors (Lipinski definition) is 1. The van der Waals surface area contributed by atoms with E-state index in [-0.39, 0.29) is 0 Å². The van der Waals surface area contributed by atoms with Gasteiger partial charge in [-0.3, -0.25) is 5.32 Å². The zero-order chi connectivity index (χ0) is 5.70. The first-order valence-electron chi connectivity index (χ1n) is 1.99. The van der Waals surface area contributed by atoms with E-state index in [1.54, 1.807) is 6.19 Å². The van der Waals surface area contributed by atoms with E-state index in [9.17, 15) is 0 Å². The first-order valence-corrected chi connectivity index (χ1v) is 2.40. The molecule has 0 amide bonds. The third-order valence-electron chi connectivity index (χ3n) is 0.516. The van der Waals surface area contributed by atoms with E-state index in [1.165, 1.54) is 0 Å². The van der Waals surface area contributed by atoms with Crippen molar-refractivity contribution in [2.75, 3.05) is 0 Å². The first kappa shape index (κ1) is 6.38. The Kier molecular flexibility index (Phi) is 3.25. The maximum absolute atomic E-state index is 7.92. The maximum Gasteiger partial charge on any atom is 0.181 e. The van der Waals surface area contributed by atoms with Crippen LogP contribution < -0.4 is 5.32 Å². The average Bonchev–Trinajstić information content (AvgIpc) is 1.68. The Balaban J connectivity index is 3.23. The lowest BCUT2D eigenvalue weighted by Gasteiger charge is -1.88. The number of hydrogen-bond acceptors (Lipinski definition) is 2. The van der Waals surface area contributed by atoms with Crippen LogP contribution in [0.1, 0.15) is 13.3 Å². The fourth-order valence-corrected chi connectivity index (χ4v) is 0.196. The van der Waals surface area contributed by atoms with Crippen LogP contribution in [0.25, 0.3) is 0 Å². The van der Waals surface area contributed by atoms with Crippen LogP contribution in [0, 0.1) is 11.5 Å². The summed E-state index contributed by atoms with van der Waals surface area (Å²) in [7, 11) is 0. The van der Waals surface area contributed by atoms with Gasteiger partial charge in [-0.2, -0.15) is 5.26 Å². The number of nitrogens with one attached hydrogen (secondary N) is 1. The topological polar surface area (TPSA) is 35.8 Å². The molecule has 0 aromatic rings. The van der Waals surface area contributed by atoms with Crippen molar-refractivity contribution in [2.45, 2.75) is 13.3 Å². The third-order valence-corrected chi connectivity index (χ3v) is 0.907. The van der Waals surface area contributed by atoms with Crippen molar-refractivity contribution in [2.24, 2.45) is 0 Å². The lowest BCUT2D eigenvalue weighted by Crippen LogP contribution is -2.12. The van der Waals surface area contributed by atoms with Crippen LogP contribution in [-0.2, 0) is 0 Å². The summed E-state index contributed by atoms with van der Waals surface area (Å²) in [5.41, 5.74) is 0. The van der Waals surface area contributed by atoms with Crippen LogP contribution in [0.5, 0.6) is 0 Å². The van der Waals surface area contributed by atoms with Crippen LogP contribution in [0.3, 0.4) is 0 Å². The molecule has 0 spiro atoms. The molecule has 0 heterocycles. The van der Waals surface area contributed by atoms with Gasteiger partial charge in [0.15, 0.2) is 6.19 Å². The lowest BCUT2D eigenvalue weighted by atomic mass is 10.5. The monoisotopic (exact) mass is 114 g/mol. The zero-order valence-corrected chi connectivity index (χ0v) is 4.88. The first-order chi connectivity index (χ1) is 3.31. The van der Waals surface area contributed by atoms with Gasteiger partial charge >= 0.3 is 0 Å². The van der Waals surface area contributed by atoms with E-state index in [4.69, 9.17) is 5.26 Å². The van der Waals surface area contributed by atoms with Crippen molar-refractivity contribution in [1.29, 1.82) is 5.26 Å². The van der Waals surface area contributed by atoms with E-state index < -0.39 is 0 Å². The van der Waals surface area contributed by atoms with Gasteiger partial charge in [0.1, 0.15) is 0 Å². The molecule has 0 aromatic carbocycles. The van der Waals surface area contributed by atoms with Crippen molar-refractivity contribution in [1.82, 2.24) is 5.32 Å². The summed E-state index contributed by atoms with van der Waals surface area (Å²) in [5, 5.41) is 10.3. The minimum absolute atomic E-state index is 0.600. The highest BCUT2D eigenvalue weighted by atomic mass is 32.1. The Morgan fingerprint density at radius 2 is 2.57 bits per heavy atom. The maximum atomic E-state index is 7.92. The molecule has 0 aliphatic rings. The molecule has 0 aromatic heterocycles. The smallest absolute Gasteiger partial charge is 0.181 e. The molecule has 38 valence electrons. The van der Waals surface area contributed by atoms with E-state index >= 15 is 0 Å². The highest BCUT2D eigenvalue weighted by molar-refractivity contribution is 7.80. The second-order valence-electron chi connectivity index (χ2n) is 1.01. The van der Waals surface area contributed by atoms with Gasteiger partial charge in [0, 0.05) is 0 Å². The van der Waals surface area contributed by atoms with Gasteiger partial charge in [0.2, 0.25) is 0 Å². The van der Waals surface area contributed by atoms with Crippen LogP contribution in [0.2, 0.25) is 0 Å². The number of rotatable bonds is 1. The minimum atomic E-state index is 0.600. The molecule has 7 heavy (non-hydrogen) atoms. The summed E-state index contributed by atoms with van der Waals surface area (Å²) in [6.07, 6.45) is 2.47.